The first-order chi connectivity index (χ1) is 9.99. The van der Waals surface area contributed by atoms with Crippen molar-refractivity contribution in [2.24, 2.45) is 0 Å². The molecule has 0 saturated carbocycles. The van der Waals surface area contributed by atoms with Crippen molar-refractivity contribution in [1.29, 1.82) is 0 Å². The molecule has 0 radical (unpaired) electrons. The third kappa shape index (κ3) is 9.93. The van der Waals surface area contributed by atoms with E-state index >= 15 is 0 Å². The summed E-state index contributed by atoms with van der Waals surface area (Å²) in [6.07, 6.45) is 8.60. The van der Waals surface area contributed by atoms with E-state index in [9.17, 15) is 9.59 Å². The Morgan fingerprint density at radius 2 is 1.33 bits per heavy atom. The van der Waals surface area contributed by atoms with Gasteiger partial charge in [0.1, 0.15) is 0 Å². The van der Waals surface area contributed by atoms with E-state index in [1.54, 1.807) is 0 Å². The Morgan fingerprint density at radius 1 is 0.905 bits per heavy atom. The fraction of sp³-hybridized carbons (Fsp3) is 0.750. The molecule has 21 heavy (non-hydrogen) atoms. The first-order valence-electron chi connectivity index (χ1n) is 8.13. The monoisotopic (exact) mass is 406 g/mol. The number of carbonyl (C=O) groups excluding carboxylic acids is 1. The van der Waals surface area contributed by atoms with Crippen LogP contribution in [0, 0.1) is 0 Å². The standard InChI is InChI=1S/C4H4O4.3C4H9.Sn/c5-3(6)1-2-4(7)8;3*1-3-4-2;/h1-2H,(H,5,6)(H,7,8);3*1,3-4H2,2H3;/q;;;;+1/p-1/b2-1+;;;;. The van der Waals surface area contributed by atoms with Crippen molar-refractivity contribution in [2.75, 3.05) is 0 Å². The quantitative estimate of drug-likeness (QED) is 0.383. The van der Waals surface area contributed by atoms with E-state index < -0.39 is 30.7 Å². The molecule has 0 fully saturated rings. The van der Waals surface area contributed by atoms with Gasteiger partial charge < -0.3 is 0 Å². The summed E-state index contributed by atoms with van der Waals surface area (Å²) in [5.41, 5.74) is 0. The zero-order chi connectivity index (χ0) is 16.1. The van der Waals surface area contributed by atoms with Gasteiger partial charge in [-0.1, -0.05) is 0 Å². The van der Waals surface area contributed by atoms with Crippen LogP contribution in [-0.2, 0) is 12.7 Å². The van der Waals surface area contributed by atoms with E-state index in [0.29, 0.717) is 0 Å². The molecule has 0 amide bonds. The average Bonchev–Trinajstić information content (AvgIpc) is 2.46. The van der Waals surface area contributed by atoms with Crippen molar-refractivity contribution in [3.05, 3.63) is 12.2 Å². The Morgan fingerprint density at radius 3 is 1.67 bits per heavy atom. The first kappa shape index (κ1) is 20.5. The van der Waals surface area contributed by atoms with Gasteiger partial charge in [-0.3, -0.25) is 0 Å². The van der Waals surface area contributed by atoms with Crippen LogP contribution in [0.2, 0.25) is 13.3 Å². The molecule has 0 aromatic heterocycles. The molecule has 5 heteroatoms. The fourth-order valence-corrected chi connectivity index (χ4v) is 15.4. The molecular weight excluding hydrogens is 375 g/mol. The fourth-order valence-electron chi connectivity index (χ4n) is 2.41. The molecule has 0 aromatic carbocycles. The summed E-state index contributed by atoms with van der Waals surface area (Å²) in [4.78, 5) is 22.4. The third-order valence-electron chi connectivity index (χ3n) is 3.64. The molecule has 0 aliphatic rings. The Bertz CT molecular complexity index is 317. The SMILES string of the molecule is CCC[CH2][Sn]([CH2]CCC)([CH2]CCC)[O]C(=O)/C=C/C(=O)O. The van der Waals surface area contributed by atoms with Crippen molar-refractivity contribution in [3.63, 3.8) is 0 Å². The van der Waals surface area contributed by atoms with Crippen LogP contribution in [-0.4, -0.2) is 35.8 Å². The van der Waals surface area contributed by atoms with Gasteiger partial charge in [-0.05, 0) is 0 Å². The van der Waals surface area contributed by atoms with Gasteiger partial charge in [0.05, 0.1) is 0 Å². The maximum absolute atomic E-state index is 11.9. The van der Waals surface area contributed by atoms with Crippen molar-refractivity contribution >= 4 is 30.7 Å². The Kier molecular flexibility index (Phi) is 11.8. The summed E-state index contributed by atoms with van der Waals surface area (Å²) in [7, 11) is 0. The van der Waals surface area contributed by atoms with Crippen molar-refractivity contribution in [1.82, 2.24) is 0 Å². The van der Waals surface area contributed by atoms with Crippen LogP contribution < -0.4 is 0 Å². The van der Waals surface area contributed by atoms with Crippen LogP contribution in [0.3, 0.4) is 0 Å². The molecule has 0 spiro atoms. The second kappa shape index (κ2) is 12.1. The first-order valence-corrected chi connectivity index (χ1v) is 15.4. The number of carboxylic acids is 1. The number of hydrogen-bond donors (Lipinski definition) is 1. The van der Waals surface area contributed by atoms with Crippen molar-refractivity contribution in [3.8, 4) is 0 Å². The van der Waals surface area contributed by atoms with E-state index in [2.05, 4.69) is 20.8 Å². The van der Waals surface area contributed by atoms with Gasteiger partial charge in [-0.15, -0.1) is 0 Å². The summed E-state index contributed by atoms with van der Waals surface area (Å²) in [6.45, 7) is 6.47. The molecule has 0 aliphatic carbocycles. The van der Waals surface area contributed by atoms with Crippen molar-refractivity contribution < 1.29 is 17.8 Å². The molecule has 0 aromatic rings. The molecule has 0 heterocycles. The van der Waals surface area contributed by atoms with Gasteiger partial charge in [0.25, 0.3) is 0 Å². The topological polar surface area (TPSA) is 63.6 Å². The van der Waals surface area contributed by atoms with Crippen LogP contribution in [0.25, 0.3) is 0 Å². The minimum absolute atomic E-state index is 0.448. The van der Waals surface area contributed by atoms with Gasteiger partial charge in [0, 0.05) is 0 Å². The van der Waals surface area contributed by atoms with E-state index in [1.807, 2.05) is 0 Å². The summed E-state index contributed by atoms with van der Waals surface area (Å²) in [5.74, 6) is -1.56. The van der Waals surface area contributed by atoms with Crippen LogP contribution in [0.4, 0.5) is 0 Å². The predicted octanol–water partition coefficient (Wildman–Crippen LogP) is 4.52. The van der Waals surface area contributed by atoms with Gasteiger partial charge in [-0.2, -0.15) is 0 Å². The number of carboxylic acid groups (broad SMARTS) is 1. The van der Waals surface area contributed by atoms with Gasteiger partial charge in [0.15, 0.2) is 0 Å². The molecule has 0 rings (SSSR count). The third-order valence-corrected chi connectivity index (χ3v) is 16.3. The zero-order valence-electron chi connectivity index (χ0n) is 13.7. The minimum atomic E-state index is -2.94. The van der Waals surface area contributed by atoms with Gasteiger partial charge in [0.2, 0.25) is 0 Å². The van der Waals surface area contributed by atoms with E-state index in [0.717, 1.165) is 64.0 Å². The van der Waals surface area contributed by atoms with Crippen LogP contribution in [0.15, 0.2) is 12.2 Å². The average molecular weight is 405 g/mol. The second-order valence-electron chi connectivity index (χ2n) is 5.59. The summed E-state index contributed by atoms with van der Waals surface area (Å²) in [6, 6.07) is 0. The molecular formula is C16H30O4Sn. The van der Waals surface area contributed by atoms with Gasteiger partial charge in [-0.25, -0.2) is 0 Å². The Balaban J connectivity index is 4.92. The summed E-state index contributed by atoms with van der Waals surface area (Å²) in [5, 5.41) is 8.61. The van der Waals surface area contributed by atoms with Crippen LogP contribution in [0.1, 0.15) is 59.3 Å². The molecule has 0 atom stereocenters. The molecule has 0 aliphatic heterocycles. The number of unbranched alkanes of at least 4 members (excludes halogenated alkanes) is 3. The maximum atomic E-state index is 11.9. The molecule has 4 nitrogen and oxygen atoms in total. The van der Waals surface area contributed by atoms with E-state index in [1.165, 1.54) is 0 Å². The second-order valence-corrected chi connectivity index (χ2v) is 17.2. The number of hydrogen-bond acceptors (Lipinski definition) is 3. The Labute approximate surface area is 133 Å². The molecule has 0 saturated heterocycles. The molecule has 0 unspecified atom stereocenters. The normalized spacial score (nSPS) is 11.8. The number of rotatable bonds is 12. The van der Waals surface area contributed by atoms with Gasteiger partial charge >= 0.3 is 133 Å². The molecule has 122 valence electrons. The van der Waals surface area contributed by atoms with Crippen molar-refractivity contribution in [2.45, 2.75) is 72.6 Å². The Hall–Kier alpha value is -0.521. The number of aliphatic carboxylic acids is 1. The summed E-state index contributed by atoms with van der Waals surface area (Å²) < 4.78 is 9.12. The zero-order valence-corrected chi connectivity index (χ0v) is 16.5. The molecule has 1 N–H and O–H groups in total. The van der Waals surface area contributed by atoms with E-state index in [4.69, 9.17) is 8.18 Å². The van der Waals surface area contributed by atoms with Crippen LogP contribution in [0.5, 0.6) is 0 Å². The molecule has 0 bridgehead atoms. The van der Waals surface area contributed by atoms with Crippen LogP contribution >= 0.6 is 0 Å². The number of carbonyl (C=O) groups is 2. The summed E-state index contributed by atoms with van der Waals surface area (Å²) >= 11 is -2.94. The predicted molar refractivity (Wildman–Crippen MR) is 87.8 cm³/mol. The van der Waals surface area contributed by atoms with E-state index in [-0.39, 0.29) is 0 Å².